The summed E-state index contributed by atoms with van der Waals surface area (Å²) in [7, 11) is 0. The fourth-order valence-corrected chi connectivity index (χ4v) is 2.72. The molecule has 0 bridgehead atoms. The fourth-order valence-electron chi connectivity index (χ4n) is 2.72. The molecular formula is C19H21N3. The molecule has 0 saturated carbocycles. The highest BCUT2D eigenvalue weighted by atomic mass is 15.0. The molecule has 3 nitrogen and oxygen atoms in total. The Bertz CT molecular complexity index is 686. The van der Waals surface area contributed by atoms with Crippen molar-refractivity contribution in [1.82, 2.24) is 15.3 Å². The first-order valence-corrected chi connectivity index (χ1v) is 7.57. The Kier molecular flexibility index (Phi) is 4.35. The molecule has 0 aliphatic carbocycles. The van der Waals surface area contributed by atoms with Crippen LogP contribution in [-0.2, 0) is 6.54 Å². The van der Waals surface area contributed by atoms with Gasteiger partial charge in [-0.15, -0.1) is 0 Å². The van der Waals surface area contributed by atoms with E-state index in [9.17, 15) is 0 Å². The standard InChI is InChI=1S/C19H21N3/c1-14-5-3-7-16(11-14)19(17-8-4-6-15(2)12-17)22-13-18-20-9-10-21-18/h3-12,19,22H,13H2,1-2H3,(H,20,21). The zero-order valence-electron chi connectivity index (χ0n) is 13.0. The predicted molar refractivity (Wildman–Crippen MR) is 89.6 cm³/mol. The molecular weight excluding hydrogens is 270 g/mol. The van der Waals surface area contributed by atoms with Gasteiger partial charge < -0.3 is 4.98 Å². The Morgan fingerprint density at radius 1 is 1.00 bits per heavy atom. The summed E-state index contributed by atoms with van der Waals surface area (Å²) in [6, 6.07) is 17.5. The van der Waals surface area contributed by atoms with Crippen molar-refractivity contribution in [3.63, 3.8) is 0 Å². The molecule has 0 atom stereocenters. The lowest BCUT2D eigenvalue weighted by atomic mass is 9.96. The van der Waals surface area contributed by atoms with Crippen molar-refractivity contribution in [2.75, 3.05) is 0 Å². The molecule has 0 radical (unpaired) electrons. The molecule has 3 heteroatoms. The smallest absolute Gasteiger partial charge is 0.120 e. The van der Waals surface area contributed by atoms with E-state index in [1.54, 1.807) is 6.20 Å². The van der Waals surface area contributed by atoms with Gasteiger partial charge in [0.1, 0.15) is 5.82 Å². The molecule has 0 saturated heterocycles. The van der Waals surface area contributed by atoms with Crippen LogP contribution in [0.4, 0.5) is 0 Å². The Morgan fingerprint density at radius 3 is 2.14 bits per heavy atom. The lowest BCUT2D eigenvalue weighted by molar-refractivity contribution is 0.589. The lowest BCUT2D eigenvalue weighted by Gasteiger charge is -2.20. The first-order valence-electron chi connectivity index (χ1n) is 7.57. The summed E-state index contributed by atoms with van der Waals surface area (Å²) in [5.74, 6) is 0.949. The number of aromatic amines is 1. The molecule has 0 aliphatic rings. The summed E-state index contributed by atoms with van der Waals surface area (Å²) in [5, 5.41) is 3.62. The molecule has 112 valence electrons. The summed E-state index contributed by atoms with van der Waals surface area (Å²) in [5.41, 5.74) is 5.10. The normalized spacial score (nSPS) is 11.0. The minimum Gasteiger partial charge on any atom is -0.348 e. The fraction of sp³-hybridized carbons (Fsp3) is 0.211. The molecule has 1 aromatic heterocycles. The van der Waals surface area contributed by atoms with Gasteiger partial charge in [0.05, 0.1) is 12.6 Å². The molecule has 3 aromatic rings. The second-order valence-corrected chi connectivity index (χ2v) is 5.68. The summed E-state index contributed by atoms with van der Waals surface area (Å²) in [6.45, 7) is 4.96. The van der Waals surface area contributed by atoms with Crippen LogP contribution in [0.25, 0.3) is 0 Å². The number of aromatic nitrogens is 2. The lowest BCUT2D eigenvalue weighted by Crippen LogP contribution is -2.22. The molecule has 3 rings (SSSR count). The van der Waals surface area contributed by atoms with Gasteiger partial charge in [0, 0.05) is 12.4 Å². The van der Waals surface area contributed by atoms with Crippen molar-refractivity contribution in [2.45, 2.75) is 26.4 Å². The van der Waals surface area contributed by atoms with E-state index in [0.717, 1.165) is 5.82 Å². The Morgan fingerprint density at radius 2 is 1.64 bits per heavy atom. The van der Waals surface area contributed by atoms with Crippen molar-refractivity contribution in [3.05, 3.63) is 89.0 Å². The number of benzene rings is 2. The van der Waals surface area contributed by atoms with Gasteiger partial charge in [-0.1, -0.05) is 59.7 Å². The minimum absolute atomic E-state index is 0.157. The summed E-state index contributed by atoms with van der Waals surface area (Å²) in [6.07, 6.45) is 3.64. The molecule has 0 aliphatic heterocycles. The zero-order chi connectivity index (χ0) is 15.4. The van der Waals surface area contributed by atoms with E-state index in [-0.39, 0.29) is 6.04 Å². The monoisotopic (exact) mass is 291 g/mol. The highest BCUT2D eigenvalue weighted by Gasteiger charge is 2.14. The minimum atomic E-state index is 0.157. The van der Waals surface area contributed by atoms with Gasteiger partial charge >= 0.3 is 0 Å². The number of imidazole rings is 1. The second kappa shape index (κ2) is 6.58. The highest BCUT2D eigenvalue weighted by Crippen LogP contribution is 2.24. The van der Waals surface area contributed by atoms with Crippen molar-refractivity contribution < 1.29 is 0 Å². The Hall–Kier alpha value is -2.39. The van der Waals surface area contributed by atoms with Crippen LogP contribution < -0.4 is 5.32 Å². The molecule has 2 N–H and O–H groups in total. The van der Waals surface area contributed by atoms with Gasteiger partial charge in [-0.05, 0) is 25.0 Å². The summed E-state index contributed by atoms with van der Waals surface area (Å²) >= 11 is 0. The van der Waals surface area contributed by atoms with Gasteiger partial charge in [0.25, 0.3) is 0 Å². The maximum Gasteiger partial charge on any atom is 0.120 e. The van der Waals surface area contributed by atoms with Crippen LogP contribution in [0.15, 0.2) is 60.9 Å². The number of nitrogens with zero attached hydrogens (tertiary/aromatic N) is 1. The van der Waals surface area contributed by atoms with Crippen LogP contribution >= 0.6 is 0 Å². The van der Waals surface area contributed by atoms with Gasteiger partial charge in [0.2, 0.25) is 0 Å². The molecule has 22 heavy (non-hydrogen) atoms. The van der Waals surface area contributed by atoms with E-state index < -0.39 is 0 Å². The topological polar surface area (TPSA) is 40.7 Å². The first kappa shape index (κ1) is 14.5. The Labute approximate surface area is 131 Å². The van der Waals surface area contributed by atoms with E-state index in [0.29, 0.717) is 6.54 Å². The number of hydrogen-bond donors (Lipinski definition) is 2. The van der Waals surface area contributed by atoms with Crippen LogP contribution in [0.2, 0.25) is 0 Å². The maximum atomic E-state index is 4.29. The number of aryl methyl sites for hydroxylation is 2. The molecule has 2 aromatic carbocycles. The Balaban J connectivity index is 1.91. The van der Waals surface area contributed by atoms with E-state index in [2.05, 4.69) is 77.7 Å². The van der Waals surface area contributed by atoms with Crippen molar-refractivity contribution >= 4 is 0 Å². The number of hydrogen-bond acceptors (Lipinski definition) is 2. The quantitative estimate of drug-likeness (QED) is 0.748. The zero-order valence-corrected chi connectivity index (χ0v) is 13.0. The third kappa shape index (κ3) is 3.43. The highest BCUT2D eigenvalue weighted by molar-refractivity contribution is 5.35. The van der Waals surface area contributed by atoms with Gasteiger partial charge in [-0.25, -0.2) is 4.98 Å². The summed E-state index contributed by atoms with van der Waals surface area (Å²) < 4.78 is 0. The SMILES string of the molecule is Cc1cccc(C(NCc2ncc[nH]2)c2cccc(C)c2)c1. The van der Waals surface area contributed by atoms with Crippen molar-refractivity contribution in [1.29, 1.82) is 0 Å². The van der Waals surface area contributed by atoms with E-state index in [1.807, 2.05) is 6.20 Å². The number of nitrogens with one attached hydrogen (secondary N) is 2. The number of H-pyrrole nitrogens is 1. The molecule has 1 heterocycles. The van der Waals surface area contributed by atoms with Crippen LogP contribution in [0.5, 0.6) is 0 Å². The molecule has 0 spiro atoms. The maximum absolute atomic E-state index is 4.29. The van der Waals surface area contributed by atoms with Crippen molar-refractivity contribution in [3.8, 4) is 0 Å². The van der Waals surface area contributed by atoms with Crippen LogP contribution in [0, 0.1) is 13.8 Å². The average Bonchev–Trinajstić information content (AvgIpc) is 3.01. The molecule has 0 fully saturated rings. The predicted octanol–water partition coefficient (Wildman–Crippen LogP) is 3.91. The van der Waals surface area contributed by atoms with E-state index >= 15 is 0 Å². The first-order chi connectivity index (χ1) is 10.7. The van der Waals surface area contributed by atoms with Crippen LogP contribution in [0.3, 0.4) is 0 Å². The van der Waals surface area contributed by atoms with Crippen LogP contribution in [0.1, 0.15) is 34.1 Å². The largest absolute Gasteiger partial charge is 0.348 e. The number of rotatable bonds is 5. The van der Waals surface area contributed by atoms with Gasteiger partial charge in [-0.3, -0.25) is 5.32 Å². The molecule has 0 amide bonds. The third-order valence-corrected chi connectivity index (χ3v) is 3.78. The third-order valence-electron chi connectivity index (χ3n) is 3.78. The van der Waals surface area contributed by atoms with Gasteiger partial charge in [0.15, 0.2) is 0 Å². The van der Waals surface area contributed by atoms with Gasteiger partial charge in [-0.2, -0.15) is 0 Å². The van der Waals surface area contributed by atoms with E-state index in [1.165, 1.54) is 22.3 Å². The van der Waals surface area contributed by atoms with Crippen molar-refractivity contribution in [2.24, 2.45) is 0 Å². The molecule has 0 unspecified atom stereocenters. The van der Waals surface area contributed by atoms with Crippen LogP contribution in [-0.4, -0.2) is 9.97 Å². The van der Waals surface area contributed by atoms with E-state index in [4.69, 9.17) is 0 Å². The second-order valence-electron chi connectivity index (χ2n) is 5.68. The average molecular weight is 291 g/mol. The summed E-state index contributed by atoms with van der Waals surface area (Å²) in [4.78, 5) is 7.44.